The van der Waals surface area contributed by atoms with Crippen LogP contribution < -0.4 is 0 Å². The third kappa shape index (κ3) is 6.59. The number of fused-ring (bicyclic) bond motifs is 6. The van der Waals surface area contributed by atoms with Crippen molar-refractivity contribution >= 4 is 54.5 Å². The Kier molecular flexibility index (Phi) is 9.27. The fourth-order valence-electron chi connectivity index (χ4n) is 9.18. The predicted octanol–water partition coefficient (Wildman–Crippen LogP) is 15.6. The second-order valence-electron chi connectivity index (χ2n) is 15.8. The first-order chi connectivity index (χ1) is 30.7. The predicted molar refractivity (Wildman–Crippen MR) is 260 cm³/mol. The van der Waals surface area contributed by atoms with Crippen molar-refractivity contribution in [1.29, 1.82) is 5.26 Å². The molecular weight excluding hydrogens is 749 g/mol. The lowest BCUT2D eigenvalue weighted by Gasteiger charge is -2.19. The monoisotopic (exact) mass is 786 g/mol. The summed E-state index contributed by atoms with van der Waals surface area (Å²) in [6, 6.07) is 84.3. The van der Waals surface area contributed by atoms with Gasteiger partial charge in [-0.05, 0) is 108 Å². The van der Waals surface area contributed by atoms with E-state index in [9.17, 15) is 5.26 Å². The summed E-state index contributed by atoms with van der Waals surface area (Å²) in [5.41, 5.74) is 15.9. The van der Waals surface area contributed by atoms with E-state index >= 15 is 0 Å². The summed E-state index contributed by atoms with van der Waals surface area (Å²) < 4.78 is 0. The van der Waals surface area contributed by atoms with E-state index in [0.29, 0.717) is 5.56 Å². The average Bonchev–Trinajstić information content (AvgIpc) is 3.35. The lowest BCUT2D eigenvalue weighted by molar-refractivity contribution is 1.48. The zero-order valence-corrected chi connectivity index (χ0v) is 33.8. The summed E-state index contributed by atoms with van der Waals surface area (Å²) in [5.74, 6) is 0. The molecule has 0 aliphatic heterocycles. The maximum absolute atomic E-state index is 10.0. The highest BCUT2D eigenvalue weighted by atomic mass is 14.7. The number of hydrogen-bond donors (Lipinski definition) is 0. The van der Waals surface area contributed by atoms with Crippen molar-refractivity contribution in [2.24, 2.45) is 0 Å². The van der Waals surface area contributed by atoms with Gasteiger partial charge in [-0.25, -0.2) is 4.98 Å². The molecule has 10 aromatic carbocycles. The summed E-state index contributed by atoms with van der Waals surface area (Å²) in [6.45, 7) is 0. The molecule has 11 aromatic rings. The molecule has 0 aliphatic rings. The van der Waals surface area contributed by atoms with Crippen molar-refractivity contribution in [3.63, 3.8) is 0 Å². The number of rotatable bonds is 7. The molecule has 0 radical (unpaired) electrons. The quantitative estimate of drug-likeness (QED) is 0.0916. The molecule has 288 valence electrons. The van der Waals surface area contributed by atoms with Gasteiger partial charge in [-0.3, -0.25) is 0 Å². The molecular formula is C60H38N2. The third-order valence-electron chi connectivity index (χ3n) is 12.0. The van der Waals surface area contributed by atoms with Crippen LogP contribution in [0.5, 0.6) is 0 Å². The molecule has 0 saturated carbocycles. The van der Waals surface area contributed by atoms with Crippen LogP contribution >= 0.6 is 0 Å². The van der Waals surface area contributed by atoms with Crippen molar-refractivity contribution in [2.75, 3.05) is 0 Å². The lowest BCUT2D eigenvalue weighted by atomic mass is 9.84. The van der Waals surface area contributed by atoms with E-state index < -0.39 is 0 Å². The molecule has 11 rings (SSSR count). The Morgan fingerprint density at radius 2 is 0.758 bits per heavy atom. The molecule has 62 heavy (non-hydrogen) atoms. The van der Waals surface area contributed by atoms with Crippen molar-refractivity contribution in [3.8, 4) is 39.4 Å². The zero-order valence-electron chi connectivity index (χ0n) is 33.8. The van der Waals surface area contributed by atoms with Gasteiger partial charge in [-0.15, -0.1) is 0 Å². The van der Waals surface area contributed by atoms with E-state index in [1.807, 2.05) is 18.2 Å². The first kappa shape index (κ1) is 36.7. The van der Waals surface area contributed by atoms with Crippen LogP contribution in [0.3, 0.4) is 0 Å². The number of nitriles is 1. The van der Waals surface area contributed by atoms with E-state index in [0.717, 1.165) is 105 Å². The molecule has 0 N–H and O–H groups in total. The first-order valence-corrected chi connectivity index (χ1v) is 21.0. The van der Waals surface area contributed by atoms with Crippen LogP contribution in [0.1, 0.15) is 27.8 Å². The van der Waals surface area contributed by atoms with Gasteiger partial charge in [0, 0.05) is 27.1 Å². The average molecular weight is 787 g/mol. The van der Waals surface area contributed by atoms with Gasteiger partial charge in [0.25, 0.3) is 0 Å². The van der Waals surface area contributed by atoms with Crippen LogP contribution in [0, 0.1) is 11.3 Å². The largest absolute Gasteiger partial charge is 0.246 e. The highest BCUT2D eigenvalue weighted by molar-refractivity contribution is 6.21. The van der Waals surface area contributed by atoms with E-state index in [1.165, 1.54) is 5.57 Å². The van der Waals surface area contributed by atoms with Crippen LogP contribution in [0.25, 0.3) is 87.9 Å². The Balaban J connectivity index is 1.21. The van der Waals surface area contributed by atoms with Crippen molar-refractivity contribution in [3.05, 3.63) is 258 Å². The Morgan fingerprint density at radius 3 is 1.29 bits per heavy atom. The highest BCUT2D eigenvalue weighted by Gasteiger charge is 2.20. The Morgan fingerprint density at radius 1 is 0.323 bits per heavy atom. The lowest BCUT2D eigenvalue weighted by Crippen LogP contribution is -1.98. The van der Waals surface area contributed by atoms with Gasteiger partial charge >= 0.3 is 0 Å². The van der Waals surface area contributed by atoms with Crippen LogP contribution in [-0.4, -0.2) is 4.98 Å². The fourth-order valence-corrected chi connectivity index (χ4v) is 9.18. The summed E-state index contributed by atoms with van der Waals surface area (Å²) in [4.78, 5) is 5.49. The van der Waals surface area contributed by atoms with Crippen LogP contribution in [0.2, 0.25) is 0 Å². The molecule has 0 saturated heterocycles. The number of nitrogens with zero attached hydrogens (tertiary/aromatic N) is 2. The minimum atomic E-state index is 0.626. The summed E-state index contributed by atoms with van der Waals surface area (Å²) in [7, 11) is 0. The van der Waals surface area contributed by atoms with Gasteiger partial charge in [-0.2, -0.15) is 5.26 Å². The first-order valence-electron chi connectivity index (χ1n) is 21.0. The van der Waals surface area contributed by atoms with Crippen molar-refractivity contribution in [2.45, 2.75) is 0 Å². The SMILES string of the molecule is N#Cc1cccc(-c2cc(-c3cccc(C(=C(c4ccccc4)c4ccccc4)c4ccccc4)c3)cc(-c3c4ccc5ccccc5c4nc4c3ccc3ccccc34)c2)c1. The normalized spacial score (nSPS) is 11.2. The van der Waals surface area contributed by atoms with E-state index in [4.69, 9.17) is 4.98 Å². The smallest absolute Gasteiger partial charge is 0.0991 e. The van der Waals surface area contributed by atoms with Gasteiger partial charge in [-0.1, -0.05) is 194 Å². The molecule has 0 bridgehead atoms. The van der Waals surface area contributed by atoms with Crippen molar-refractivity contribution < 1.29 is 0 Å². The minimum absolute atomic E-state index is 0.626. The molecule has 0 unspecified atom stereocenters. The maximum atomic E-state index is 10.0. The second-order valence-corrected chi connectivity index (χ2v) is 15.8. The van der Waals surface area contributed by atoms with Gasteiger partial charge in [0.2, 0.25) is 0 Å². The summed E-state index contributed by atoms with van der Waals surface area (Å²) in [6.07, 6.45) is 0. The van der Waals surface area contributed by atoms with Crippen LogP contribution in [0.4, 0.5) is 0 Å². The van der Waals surface area contributed by atoms with E-state index in [1.54, 1.807) is 0 Å². The van der Waals surface area contributed by atoms with E-state index in [-0.39, 0.29) is 0 Å². The summed E-state index contributed by atoms with van der Waals surface area (Å²) in [5, 5.41) is 16.8. The van der Waals surface area contributed by atoms with Crippen molar-refractivity contribution in [1.82, 2.24) is 4.98 Å². The molecule has 0 atom stereocenters. The fraction of sp³-hybridized carbons (Fsp3) is 0. The minimum Gasteiger partial charge on any atom is -0.246 e. The highest BCUT2D eigenvalue weighted by Crippen LogP contribution is 2.44. The zero-order chi connectivity index (χ0) is 41.4. The van der Waals surface area contributed by atoms with Crippen LogP contribution in [-0.2, 0) is 0 Å². The molecule has 0 amide bonds. The van der Waals surface area contributed by atoms with Gasteiger partial charge in [0.1, 0.15) is 0 Å². The van der Waals surface area contributed by atoms with Crippen LogP contribution in [0.15, 0.2) is 231 Å². The summed E-state index contributed by atoms with van der Waals surface area (Å²) >= 11 is 0. The molecule has 2 heteroatoms. The molecule has 2 nitrogen and oxygen atoms in total. The maximum Gasteiger partial charge on any atom is 0.0991 e. The Labute approximate surface area is 361 Å². The standard InChI is InChI=1S/C60H38N2/c61-39-40-16-14-25-46(34-40)49-36-50(47-26-15-27-48(35-47)57(45-23-8-3-9-24-45)56(43-19-4-1-5-20-43)44-21-6-2-7-22-44)38-51(37-49)58-54-32-30-41-17-10-12-28-52(41)59(54)62-60-53-29-13-11-18-42(53)31-33-55(58)60/h1-38H. The van der Waals surface area contributed by atoms with Gasteiger partial charge in [0.15, 0.2) is 0 Å². The second kappa shape index (κ2) is 15.7. The third-order valence-corrected chi connectivity index (χ3v) is 12.0. The number of hydrogen-bond acceptors (Lipinski definition) is 2. The molecule has 0 fully saturated rings. The Hall–Kier alpha value is -8.38. The van der Waals surface area contributed by atoms with E-state index in [2.05, 4.69) is 218 Å². The molecule has 0 spiro atoms. The molecule has 1 aromatic heterocycles. The van der Waals surface area contributed by atoms with Gasteiger partial charge < -0.3 is 0 Å². The topological polar surface area (TPSA) is 36.7 Å². The number of benzene rings is 10. The molecule has 1 heterocycles. The number of pyridine rings is 1. The van der Waals surface area contributed by atoms with Gasteiger partial charge in [0.05, 0.1) is 22.7 Å². The Bertz CT molecular complexity index is 3430. The molecule has 0 aliphatic carbocycles. The number of aromatic nitrogens is 1.